The van der Waals surface area contributed by atoms with E-state index in [0.29, 0.717) is 15.7 Å². The molecule has 3 N–H and O–H groups in total. The first-order valence-electron chi connectivity index (χ1n) is 4.83. The van der Waals surface area contributed by atoms with Crippen LogP contribution < -0.4 is 11.1 Å². The van der Waals surface area contributed by atoms with Crippen LogP contribution >= 0.6 is 39.1 Å². The molecule has 5 heteroatoms. The van der Waals surface area contributed by atoms with E-state index in [1.807, 2.05) is 24.3 Å². The van der Waals surface area contributed by atoms with Crippen LogP contribution in [0.4, 0.5) is 17.1 Å². The molecule has 0 aliphatic rings. The Kier molecular flexibility index (Phi) is 3.82. The Balaban J connectivity index is 2.34. The number of rotatable bonds is 2. The zero-order valence-electron chi connectivity index (χ0n) is 8.68. The fraction of sp³-hybridized carbons (Fsp3) is 0. The standard InChI is InChI=1S/C12H9BrCl2N2/c13-9-3-1-8(15)6-12(9)17-11-4-2-7(14)5-10(11)16/h1-6,17H,16H2. The van der Waals surface area contributed by atoms with Crippen molar-refractivity contribution < 1.29 is 0 Å². The summed E-state index contributed by atoms with van der Waals surface area (Å²) in [5, 5.41) is 4.46. The van der Waals surface area contributed by atoms with E-state index >= 15 is 0 Å². The molecule has 0 heterocycles. The molecule has 0 fully saturated rings. The summed E-state index contributed by atoms with van der Waals surface area (Å²) in [6, 6.07) is 10.8. The van der Waals surface area contributed by atoms with Crippen molar-refractivity contribution in [1.29, 1.82) is 0 Å². The van der Waals surface area contributed by atoms with Gasteiger partial charge in [-0.1, -0.05) is 23.2 Å². The lowest BCUT2D eigenvalue weighted by Gasteiger charge is -2.11. The first-order valence-corrected chi connectivity index (χ1v) is 6.38. The normalized spacial score (nSPS) is 10.3. The van der Waals surface area contributed by atoms with Gasteiger partial charge in [0.1, 0.15) is 0 Å². The van der Waals surface area contributed by atoms with Gasteiger partial charge in [0.05, 0.1) is 17.1 Å². The highest BCUT2D eigenvalue weighted by Gasteiger charge is 2.04. The number of nitrogen functional groups attached to an aromatic ring is 1. The predicted molar refractivity (Wildman–Crippen MR) is 78.3 cm³/mol. The molecule has 0 saturated heterocycles. The summed E-state index contributed by atoms with van der Waals surface area (Å²) in [6.07, 6.45) is 0. The zero-order chi connectivity index (χ0) is 12.4. The Hall–Kier alpha value is -0.900. The lowest BCUT2D eigenvalue weighted by Crippen LogP contribution is -1.96. The number of nitrogens with two attached hydrogens (primary N) is 1. The lowest BCUT2D eigenvalue weighted by atomic mass is 10.2. The summed E-state index contributed by atoms with van der Waals surface area (Å²) in [7, 11) is 0. The van der Waals surface area contributed by atoms with Crippen molar-refractivity contribution >= 4 is 56.2 Å². The quantitative estimate of drug-likeness (QED) is 0.753. The Morgan fingerprint density at radius 2 is 1.59 bits per heavy atom. The highest BCUT2D eigenvalue weighted by molar-refractivity contribution is 9.10. The highest BCUT2D eigenvalue weighted by Crippen LogP contribution is 2.31. The maximum atomic E-state index is 5.93. The van der Waals surface area contributed by atoms with Gasteiger partial charge in [-0.25, -0.2) is 0 Å². The highest BCUT2D eigenvalue weighted by atomic mass is 79.9. The average molecular weight is 332 g/mol. The lowest BCUT2D eigenvalue weighted by molar-refractivity contribution is 1.52. The molecule has 0 saturated carbocycles. The van der Waals surface area contributed by atoms with Gasteiger partial charge >= 0.3 is 0 Å². The van der Waals surface area contributed by atoms with E-state index < -0.39 is 0 Å². The molecule has 0 radical (unpaired) electrons. The van der Waals surface area contributed by atoms with Gasteiger partial charge in [0.25, 0.3) is 0 Å². The summed E-state index contributed by atoms with van der Waals surface area (Å²) in [4.78, 5) is 0. The third-order valence-electron chi connectivity index (χ3n) is 2.21. The van der Waals surface area contributed by atoms with E-state index in [2.05, 4.69) is 21.2 Å². The molecule has 0 spiro atoms. The fourth-order valence-electron chi connectivity index (χ4n) is 1.39. The molecule has 17 heavy (non-hydrogen) atoms. The summed E-state index contributed by atoms with van der Waals surface area (Å²) < 4.78 is 0.913. The van der Waals surface area contributed by atoms with Crippen molar-refractivity contribution in [3.8, 4) is 0 Å². The molecule has 0 bridgehead atoms. The second-order valence-electron chi connectivity index (χ2n) is 3.48. The van der Waals surface area contributed by atoms with E-state index in [0.717, 1.165) is 15.8 Å². The third-order valence-corrected chi connectivity index (χ3v) is 3.37. The molecule has 0 aromatic heterocycles. The maximum absolute atomic E-state index is 5.93. The van der Waals surface area contributed by atoms with Crippen molar-refractivity contribution in [2.45, 2.75) is 0 Å². The number of halogens is 3. The van der Waals surface area contributed by atoms with Crippen molar-refractivity contribution in [2.24, 2.45) is 0 Å². The molecule has 0 aliphatic carbocycles. The first-order chi connectivity index (χ1) is 8.06. The van der Waals surface area contributed by atoms with E-state index in [1.165, 1.54) is 0 Å². The second-order valence-corrected chi connectivity index (χ2v) is 5.21. The van der Waals surface area contributed by atoms with Crippen molar-refractivity contribution in [3.05, 3.63) is 50.9 Å². The fourth-order valence-corrected chi connectivity index (χ4v) is 2.08. The van der Waals surface area contributed by atoms with E-state index in [1.54, 1.807) is 12.1 Å². The van der Waals surface area contributed by atoms with Crippen LogP contribution in [0, 0.1) is 0 Å². The van der Waals surface area contributed by atoms with Gasteiger partial charge < -0.3 is 11.1 Å². The molecule has 0 amide bonds. The molecular weight excluding hydrogens is 323 g/mol. The third kappa shape index (κ3) is 3.06. The molecule has 2 nitrogen and oxygen atoms in total. The Bertz CT molecular complexity index is 558. The minimum Gasteiger partial charge on any atom is -0.397 e. The molecule has 2 aromatic carbocycles. The molecule has 2 rings (SSSR count). The van der Waals surface area contributed by atoms with Gasteiger partial charge in [0.2, 0.25) is 0 Å². The maximum Gasteiger partial charge on any atom is 0.0619 e. The van der Waals surface area contributed by atoms with Crippen LogP contribution in [0.2, 0.25) is 10.0 Å². The Morgan fingerprint density at radius 3 is 2.29 bits per heavy atom. The van der Waals surface area contributed by atoms with Gasteiger partial charge in [-0.3, -0.25) is 0 Å². The van der Waals surface area contributed by atoms with Crippen LogP contribution in [-0.2, 0) is 0 Å². The van der Waals surface area contributed by atoms with E-state index in [9.17, 15) is 0 Å². The number of anilines is 3. The van der Waals surface area contributed by atoms with Crippen molar-refractivity contribution in [2.75, 3.05) is 11.1 Å². The molecule has 88 valence electrons. The molecular formula is C12H9BrCl2N2. The van der Waals surface area contributed by atoms with Crippen LogP contribution in [0.5, 0.6) is 0 Å². The van der Waals surface area contributed by atoms with Gasteiger partial charge in [0, 0.05) is 14.5 Å². The number of benzene rings is 2. The van der Waals surface area contributed by atoms with Crippen LogP contribution in [-0.4, -0.2) is 0 Å². The zero-order valence-corrected chi connectivity index (χ0v) is 11.8. The van der Waals surface area contributed by atoms with Gasteiger partial charge in [-0.15, -0.1) is 0 Å². The average Bonchev–Trinajstić information content (AvgIpc) is 2.27. The summed E-state index contributed by atoms with van der Waals surface area (Å²) in [5.41, 5.74) is 8.09. The van der Waals surface area contributed by atoms with Crippen molar-refractivity contribution in [1.82, 2.24) is 0 Å². The van der Waals surface area contributed by atoms with Gasteiger partial charge in [-0.05, 0) is 52.3 Å². The molecule has 0 unspecified atom stereocenters. The minimum absolute atomic E-state index is 0.587. The Morgan fingerprint density at radius 1 is 0.941 bits per heavy atom. The minimum atomic E-state index is 0.587. The number of hydrogen-bond acceptors (Lipinski definition) is 2. The topological polar surface area (TPSA) is 38.0 Å². The number of hydrogen-bond donors (Lipinski definition) is 2. The molecule has 0 aliphatic heterocycles. The first kappa shape index (κ1) is 12.6. The van der Waals surface area contributed by atoms with Crippen LogP contribution in [0.1, 0.15) is 0 Å². The second kappa shape index (κ2) is 5.17. The predicted octanol–water partition coefficient (Wildman–Crippen LogP) is 5.08. The van der Waals surface area contributed by atoms with Crippen LogP contribution in [0.25, 0.3) is 0 Å². The summed E-state index contributed by atoms with van der Waals surface area (Å²) >= 11 is 15.2. The number of nitrogens with one attached hydrogen (secondary N) is 1. The SMILES string of the molecule is Nc1cc(Cl)ccc1Nc1cc(Cl)ccc1Br. The summed E-state index contributed by atoms with van der Waals surface area (Å²) in [6.45, 7) is 0. The largest absolute Gasteiger partial charge is 0.397 e. The van der Waals surface area contributed by atoms with Gasteiger partial charge in [-0.2, -0.15) is 0 Å². The smallest absolute Gasteiger partial charge is 0.0619 e. The monoisotopic (exact) mass is 330 g/mol. The van der Waals surface area contributed by atoms with Crippen molar-refractivity contribution in [3.63, 3.8) is 0 Å². The Labute approximate surface area is 118 Å². The van der Waals surface area contributed by atoms with Crippen LogP contribution in [0.3, 0.4) is 0 Å². The molecule has 2 aromatic rings. The van der Waals surface area contributed by atoms with E-state index in [-0.39, 0.29) is 0 Å². The van der Waals surface area contributed by atoms with Gasteiger partial charge in [0.15, 0.2) is 0 Å². The van der Waals surface area contributed by atoms with Crippen LogP contribution in [0.15, 0.2) is 40.9 Å². The molecule has 0 atom stereocenters. The summed E-state index contributed by atoms with van der Waals surface area (Å²) in [5.74, 6) is 0. The van der Waals surface area contributed by atoms with E-state index in [4.69, 9.17) is 28.9 Å².